The lowest BCUT2D eigenvalue weighted by Gasteiger charge is -2.19. The third-order valence-electron chi connectivity index (χ3n) is 4.42. The van der Waals surface area contributed by atoms with Crippen molar-refractivity contribution in [3.8, 4) is 5.75 Å². The van der Waals surface area contributed by atoms with Crippen molar-refractivity contribution in [2.75, 3.05) is 32.1 Å². The lowest BCUT2D eigenvalue weighted by Crippen LogP contribution is -3.14. The Hall–Kier alpha value is -2.57. The average molecular weight is 405 g/mol. The van der Waals surface area contributed by atoms with Crippen LogP contribution in [0.1, 0.15) is 25.5 Å². The predicted octanol–water partition coefficient (Wildman–Crippen LogP) is 2.07. The van der Waals surface area contributed by atoms with Crippen LogP contribution in [0.5, 0.6) is 5.75 Å². The molecule has 0 saturated heterocycles. The normalized spacial score (nSPS) is 12.7. The van der Waals surface area contributed by atoms with Gasteiger partial charge in [-0.2, -0.15) is 0 Å². The van der Waals surface area contributed by atoms with E-state index < -0.39 is 0 Å². The van der Waals surface area contributed by atoms with Crippen LogP contribution < -0.4 is 20.3 Å². The lowest BCUT2D eigenvalue weighted by molar-refractivity contribution is -0.881. The number of hydrogen-bond donors (Lipinski definition) is 3. The molecule has 0 saturated carbocycles. The summed E-state index contributed by atoms with van der Waals surface area (Å²) >= 11 is 6.00. The van der Waals surface area contributed by atoms with Crippen molar-refractivity contribution in [3.63, 3.8) is 0 Å². The van der Waals surface area contributed by atoms with Gasteiger partial charge in [0.05, 0.1) is 19.7 Å². The standard InChI is InChI=1S/C21H26ClN3O3/c1-4-25(14-21(27)24-18-8-10-19(28-3)11-9-18)13-20(26)23-15(2)16-6-5-7-17(22)12-16/h5-12,15H,4,13-14H2,1-3H3,(H,23,26)(H,24,27)/p+1/t15-/m1/s1. The Balaban J connectivity index is 1.84. The number of nitrogens with one attached hydrogen (secondary N) is 3. The molecule has 6 nitrogen and oxygen atoms in total. The molecule has 2 atom stereocenters. The Morgan fingerprint density at radius 1 is 1.11 bits per heavy atom. The molecule has 7 heteroatoms. The SMILES string of the molecule is CC[NH+](CC(=O)Nc1ccc(OC)cc1)CC(=O)N[C@H](C)c1cccc(Cl)c1. The van der Waals surface area contributed by atoms with Gasteiger partial charge in [-0.3, -0.25) is 9.59 Å². The zero-order valence-electron chi connectivity index (χ0n) is 16.4. The van der Waals surface area contributed by atoms with Gasteiger partial charge in [0.15, 0.2) is 13.1 Å². The number of hydrogen-bond acceptors (Lipinski definition) is 3. The molecule has 0 heterocycles. The molecule has 0 radical (unpaired) electrons. The van der Waals surface area contributed by atoms with E-state index in [0.717, 1.165) is 16.2 Å². The molecule has 0 aliphatic rings. The van der Waals surface area contributed by atoms with Crippen LogP contribution >= 0.6 is 11.6 Å². The van der Waals surface area contributed by atoms with E-state index >= 15 is 0 Å². The molecule has 2 rings (SSSR count). The monoisotopic (exact) mass is 404 g/mol. The summed E-state index contributed by atoms with van der Waals surface area (Å²) in [5.74, 6) is 0.476. The van der Waals surface area contributed by atoms with Crippen molar-refractivity contribution in [2.45, 2.75) is 19.9 Å². The number of carbonyl (C=O) groups excluding carboxylic acids is 2. The number of carbonyl (C=O) groups is 2. The second-order valence-corrected chi connectivity index (χ2v) is 7.01. The Kier molecular flexibility index (Phi) is 8.29. The first-order chi connectivity index (χ1) is 13.4. The zero-order valence-corrected chi connectivity index (χ0v) is 17.2. The number of anilines is 1. The maximum absolute atomic E-state index is 12.4. The number of methoxy groups -OCH3 is 1. The number of halogens is 1. The second kappa shape index (κ2) is 10.7. The highest BCUT2D eigenvalue weighted by Crippen LogP contribution is 2.17. The van der Waals surface area contributed by atoms with Crippen LogP contribution in [0.15, 0.2) is 48.5 Å². The van der Waals surface area contributed by atoms with E-state index in [1.54, 1.807) is 37.4 Å². The molecule has 150 valence electrons. The van der Waals surface area contributed by atoms with Crippen molar-refractivity contribution < 1.29 is 19.2 Å². The number of ether oxygens (including phenoxy) is 1. The van der Waals surface area contributed by atoms with Gasteiger partial charge in [0, 0.05) is 10.7 Å². The molecule has 1 unspecified atom stereocenters. The molecule has 2 aromatic rings. The largest absolute Gasteiger partial charge is 0.497 e. The molecular formula is C21H27ClN3O3+. The van der Waals surface area contributed by atoms with Gasteiger partial charge >= 0.3 is 0 Å². The smallest absolute Gasteiger partial charge is 0.279 e. The molecule has 2 aromatic carbocycles. The van der Waals surface area contributed by atoms with E-state index in [-0.39, 0.29) is 30.9 Å². The maximum atomic E-state index is 12.4. The highest BCUT2D eigenvalue weighted by atomic mass is 35.5. The summed E-state index contributed by atoms with van der Waals surface area (Å²) in [6.07, 6.45) is 0. The van der Waals surface area contributed by atoms with E-state index in [1.165, 1.54) is 0 Å². The highest BCUT2D eigenvalue weighted by Gasteiger charge is 2.18. The van der Waals surface area contributed by atoms with Gasteiger partial charge in [-0.25, -0.2) is 0 Å². The molecule has 0 spiro atoms. The minimum Gasteiger partial charge on any atom is -0.497 e. The number of quaternary nitrogens is 1. The van der Waals surface area contributed by atoms with Crippen LogP contribution in [0.2, 0.25) is 5.02 Å². The Bertz CT molecular complexity index is 796. The Morgan fingerprint density at radius 3 is 2.39 bits per heavy atom. The first-order valence-electron chi connectivity index (χ1n) is 9.23. The molecule has 0 bridgehead atoms. The minimum atomic E-state index is -0.155. The first kappa shape index (κ1) is 21.7. The number of likely N-dealkylation sites (N-methyl/N-ethyl adjacent to an activating group) is 1. The number of benzene rings is 2. The van der Waals surface area contributed by atoms with Gasteiger partial charge < -0.3 is 20.3 Å². The fourth-order valence-electron chi connectivity index (χ4n) is 2.80. The van der Waals surface area contributed by atoms with Gasteiger partial charge in [0.2, 0.25) is 0 Å². The minimum absolute atomic E-state index is 0.110. The first-order valence-corrected chi connectivity index (χ1v) is 9.61. The van der Waals surface area contributed by atoms with Gasteiger partial charge in [0.1, 0.15) is 5.75 Å². The quantitative estimate of drug-likeness (QED) is 0.599. The predicted molar refractivity (Wildman–Crippen MR) is 111 cm³/mol. The molecule has 28 heavy (non-hydrogen) atoms. The van der Waals surface area contributed by atoms with E-state index in [1.807, 2.05) is 32.0 Å². The van der Waals surface area contributed by atoms with Gasteiger partial charge in [-0.1, -0.05) is 23.7 Å². The van der Waals surface area contributed by atoms with Crippen molar-refractivity contribution in [3.05, 3.63) is 59.1 Å². The van der Waals surface area contributed by atoms with Crippen LogP contribution in [0.25, 0.3) is 0 Å². The van der Waals surface area contributed by atoms with Crippen LogP contribution in [0.3, 0.4) is 0 Å². The van der Waals surface area contributed by atoms with Crippen molar-refractivity contribution >= 4 is 29.1 Å². The van der Waals surface area contributed by atoms with E-state index in [0.29, 0.717) is 17.3 Å². The summed E-state index contributed by atoms with van der Waals surface area (Å²) in [6.45, 7) is 4.95. The fraction of sp³-hybridized carbons (Fsp3) is 0.333. The summed E-state index contributed by atoms with van der Waals surface area (Å²) in [5, 5.41) is 6.44. The van der Waals surface area contributed by atoms with E-state index in [4.69, 9.17) is 16.3 Å². The molecule has 2 amide bonds. The Morgan fingerprint density at radius 2 is 1.79 bits per heavy atom. The zero-order chi connectivity index (χ0) is 20.5. The summed E-state index contributed by atoms with van der Waals surface area (Å²) in [4.78, 5) is 25.5. The third-order valence-corrected chi connectivity index (χ3v) is 4.66. The highest BCUT2D eigenvalue weighted by molar-refractivity contribution is 6.30. The average Bonchev–Trinajstić information content (AvgIpc) is 2.67. The lowest BCUT2D eigenvalue weighted by atomic mass is 10.1. The van der Waals surface area contributed by atoms with Crippen molar-refractivity contribution in [1.29, 1.82) is 0 Å². The van der Waals surface area contributed by atoms with Crippen LogP contribution in [0.4, 0.5) is 5.69 Å². The van der Waals surface area contributed by atoms with Crippen molar-refractivity contribution in [2.24, 2.45) is 0 Å². The molecule has 0 fully saturated rings. The van der Waals surface area contributed by atoms with E-state index in [2.05, 4.69) is 10.6 Å². The summed E-state index contributed by atoms with van der Waals surface area (Å²) in [7, 11) is 1.59. The Labute approximate surface area is 170 Å². The van der Waals surface area contributed by atoms with Crippen molar-refractivity contribution in [1.82, 2.24) is 5.32 Å². The van der Waals surface area contributed by atoms with Gasteiger partial charge in [-0.05, 0) is 55.8 Å². The number of amides is 2. The number of rotatable bonds is 9. The van der Waals surface area contributed by atoms with Gasteiger partial charge in [0.25, 0.3) is 11.8 Å². The van der Waals surface area contributed by atoms with E-state index in [9.17, 15) is 9.59 Å². The third kappa shape index (κ3) is 6.87. The molecule has 0 aliphatic heterocycles. The fourth-order valence-corrected chi connectivity index (χ4v) is 3.00. The van der Waals surface area contributed by atoms with Crippen LogP contribution in [-0.2, 0) is 9.59 Å². The summed E-state index contributed by atoms with van der Waals surface area (Å²) in [5.41, 5.74) is 1.64. The molecule has 0 aromatic heterocycles. The van der Waals surface area contributed by atoms with Crippen LogP contribution in [0, 0.1) is 0 Å². The molecule has 3 N–H and O–H groups in total. The summed E-state index contributed by atoms with van der Waals surface area (Å²) in [6, 6.07) is 14.4. The topological polar surface area (TPSA) is 71.9 Å². The van der Waals surface area contributed by atoms with Gasteiger partial charge in [-0.15, -0.1) is 0 Å². The molecular weight excluding hydrogens is 378 g/mol. The second-order valence-electron chi connectivity index (χ2n) is 6.58. The summed E-state index contributed by atoms with van der Waals surface area (Å²) < 4.78 is 5.10. The molecule has 0 aliphatic carbocycles. The maximum Gasteiger partial charge on any atom is 0.279 e. The van der Waals surface area contributed by atoms with Crippen LogP contribution in [-0.4, -0.2) is 38.6 Å².